The van der Waals surface area contributed by atoms with Crippen molar-refractivity contribution in [3.05, 3.63) is 76.7 Å². The lowest BCUT2D eigenvalue weighted by molar-refractivity contribution is -0.274. The number of halogens is 3. The Kier molecular flexibility index (Phi) is 9.15. The first-order valence-corrected chi connectivity index (χ1v) is 14.4. The molecule has 8 nitrogen and oxygen atoms in total. The molecule has 1 amide bonds. The number of rotatable bonds is 10. The molecule has 2 N–H and O–H groups in total. The van der Waals surface area contributed by atoms with Gasteiger partial charge < -0.3 is 20.1 Å². The maximum absolute atomic E-state index is 13.2. The van der Waals surface area contributed by atoms with Crippen LogP contribution in [-0.2, 0) is 23.1 Å². The average molecular weight is 584 g/mol. The summed E-state index contributed by atoms with van der Waals surface area (Å²) in [6.45, 7) is 1.33. The maximum atomic E-state index is 13.2. The summed E-state index contributed by atoms with van der Waals surface area (Å²) in [7, 11) is -2.14. The van der Waals surface area contributed by atoms with Crippen LogP contribution in [-0.4, -0.2) is 51.2 Å². The van der Waals surface area contributed by atoms with Crippen LogP contribution in [0.5, 0.6) is 11.5 Å². The number of sulfonamides is 1. The summed E-state index contributed by atoms with van der Waals surface area (Å²) in [4.78, 5) is 13.2. The highest BCUT2D eigenvalue weighted by atomic mass is 32.2. The van der Waals surface area contributed by atoms with Crippen molar-refractivity contribution in [2.75, 3.05) is 20.2 Å². The number of amides is 1. The van der Waals surface area contributed by atoms with E-state index in [0.29, 0.717) is 48.7 Å². The first-order valence-electron chi connectivity index (χ1n) is 12.1. The molecule has 0 atom stereocenters. The van der Waals surface area contributed by atoms with Crippen molar-refractivity contribution < 1.29 is 35.9 Å². The molecule has 1 saturated heterocycles. The van der Waals surface area contributed by atoms with E-state index in [2.05, 4.69) is 15.4 Å². The van der Waals surface area contributed by atoms with Crippen LogP contribution in [0.1, 0.15) is 33.6 Å². The summed E-state index contributed by atoms with van der Waals surface area (Å²) in [5, 5.41) is 6.14. The quantitative estimate of drug-likeness (QED) is 0.364. The highest BCUT2D eigenvalue weighted by molar-refractivity contribution is 7.91. The Morgan fingerprint density at radius 3 is 2.41 bits per heavy atom. The van der Waals surface area contributed by atoms with E-state index in [-0.39, 0.29) is 28.5 Å². The molecule has 1 aromatic heterocycles. The summed E-state index contributed by atoms with van der Waals surface area (Å²) >= 11 is 1.13. The SMILES string of the molecule is COc1cccc(C(=O)NCc2ccc(S(=O)(=O)N3CCC(NCc4ccc(OC(F)(F)F)cc4)CC3)s2)c1. The van der Waals surface area contributed by atoms with Gasteiger partial charge in [0.25, 0.3) is 15.9 Å². The summed E-state index contributed by atoms with van der Waals surface area (Å²) in [5.74, 6) is 0.00680. The first kappa shape index (κ1) is 28.9. The second-order valence-electron chi connectivity index (χ2n) is 8.89. The lowest BCUT2D eigenvalue weighted by Gasteiger charge is -2.31. The van der Waals surface area contributed by atoms with E-state index in [4.69, 9.17) is 4.74 Å². The first-order chi connectivity index (χ1) is 18.5. The number of alkyl halides is 3. The summed E-state index contributed by atoms with van der Waals surface area (Å²) in [6, 6.07) is 15.7. The second-order valence-corrected chi connectivity index (χ2v) is 12.2. The molecule has 39 heavy (non-hydrogen) atoms. The molecule has 4 rings (SSSR count). The van der Waals surface area contributed by atoms with Gasteiger partial charge in [0, 0.05) is 36.1 Å². The van der Waals surface area contributed by atoms with Gasteiger partial charge in [-0.15, -0.1) is 24.5 Å². The lowest BCUT2D eigenvalue weighted by atomic mass is 10.1. The van der Waals surface area contributed by atoms with E-state index >= 15 is 0 Å². The number of nitrogens with zero attached hydrogens (tertiary/aromatic N) is 1. The Balaban J connectivity index is 1.25. The number of nitrogens with one attached hydrogen (secondary N) is 2. The van der Waals surface area contributed by atoms with Crippen molar-refractivity contribution >= 4 is 27.3 Å². The zero-order chi connectivity index (χ0) is 28.0. The highest BCUT2D eigenvalue weighted by Gasteiger charge is 2.32. The number of ether oxygens (including phenoxy) is 2. The van der Waals surface area contributed by atoms with E-state index in [1.54, 1.807) is 48.5 Å². The van der Waals surface area contributed by atoms with Crippen LogP contribution in [0.25, 0.3) is 0 Å². The van der Waals surface area contributed by atoms with Gasteiger partial charge >= 0.3 is 6.36 Å². The summed E-state index contributed by atoms with van der Waals surface area (Å²) in [6.07, 6.45) is -3.53. The monoisotopic (exact) mass is 583 g/mol. The molecule has 0 aliphatic carbocycles. The minimum Gasteiger partial charge on any atom is -0.497 e. The Hall–Kier alpha value is -3.13. The van der Waals surface area contributed by atoms with Gasteiger partial charge in [0.2, 0.25) is 0 Å². The third-order valence-corrected chi connectivity index (χ3v) is 9.64. The van der Waals surface area contributed by atoms with Gasteiger partial charge in [-0.25, -0.2) is 8.42 Å². The van der Waals surface area contributed by atoms with Crippen LogP contribution in [0.3, 0.4) is 0 Å². The predicted octanol–water partition coefficient (Wildman–Crippen LogP) is 4.53. The largest absolute Gasteiger partial charge is 0.573 e. The Morgan fingerprint density at radius 1 is 1.03 bits per heavy atom. The average Bonchev–Trinajstić information content (AvgIpc) is 3.41. The van der Waals surface area contributed by atoms with E-state index in [1.807, 2.05) is 0 Å². The van der Waals surface area contributed by atoms with Crippen molar-refractivity contribution in [2.24, 2.45) is 0 Å². The van der Waals surface area contributed by atoms with Crippen molar-refractivity contribution in [2.45, 2.75) is 42.5 Å². The van der Waals surface area contributed by atoms with Gasteiger partial charge in [-0.3, -0.25) is 4.79 Å². The molecule has 0 saturated carbocycles. The van der Waals surface area contributed by atoms with Gasteiger partial charge in [-0.05, 0) is 60.9 Å². The topological polar surface area (TPSA) is 97.0 Å². The fourth-order valence-corrected chi connectivity index (χ4v) is 7.04. The Morgan fingerprint density at radius 2 is 1.74 bits per heavy atom. The smallest absolute Gasteiger partial charge is 0.497 e. The normalized spacial score (nSPS) is 15.2. The molecule has 0 unspecified atom stereocenters. The molecule has 2 aromatic carbocycles. The van der Waals surface area contributed by atoms with Crippen molar-refractivity contribution in [1.29, 1.82) is 0 Å². The minimum absolute atomic E-state index is 0.0771. The predicted molar refractivity (Wildman–Crippen MR) is 140 cm³/mol. The standard InChI is InChI=1S/C26H28F3N3O5S2/c1-36-22-4-2-3-19(15-22)25(33)31-17-23-9-10-24(38-23)39(34,35)32-13-11-20(12-14-32)30-16-18-5-7-21(8-6-18)37-26(27,28)29/h2-10,15,20,30H,11-14,16-17H2,1H3,(H,31,33). The molecule has 210 valence electrons. The van der Waals surface area contributed by atoms with Crippen molar-refractivity contribution in [3.63, 3.8) is 0 Å². The van der Waals surface area contributed by atoms with Crippen LogP contribution < -0.4 is 20.1 Å². The molecule has 3 aromatic rings. The fraction of sp³-hybridized carbons (Fsp3) is 0.346. The summed E-state index contributed by atoms with van der Waals surface area (Å²) < 4.78 is 73.9. The molecule has 1 aliphatic rings. The zero-order valence-electron chi connectivity index (χ0n) is 21.0. The van der Waals surface area contributed by atoms with Crippen LogP contribution in [0.15, 0.2) is 64.9 Å². The molecule has 0 spiro atoms. The van der Waals surface area contributed by atoms with Crippen molar-refractivity contribution in [3.8, 4) is 11.5 Å². The van der Waals surface area contributed by atoms with Gasteiger partial charge in [-0.2, -0.15) is 4.31 Å². The van der Waals surface area contributed by atoms with Gasteiger partial charge in [0.1, 0.15) is 15.7 Å². The number of carbonyl (C=O) groups is 1. The second kappa shape index (κ2) is 12.4. The molecule has 1 fully saturated rings. The van der Waals surface area contributed by atoms with Crippen LogP contribution in [0, 0.1) is 0 Å². The lowest BCUT2D eigenvalue weighted by Crippen LogP contribution is -2.44. The third kappa shape index (κ3) is 7.94. The van der Waals surface area contributed by atoms with Gasteiger partial charge in [-0.1, -0.05) is 18.2 Å². The number of hydrogen-bond donors (Lipinski definition) is 2. The number of carbonyl (C=O) groups excluding carboxylic acids is 1. The zero-order valence-corrected chi connectivity index (χ0v) is 22.7. The minimum atomic E-state index is -4.73. The van der Waals surface area contributed by atoms with Gasteiger partial charge in [0.05, 0.1) is 13.7 Å². The number of thiophene rings is 1. The van der Waals surface area contributed by atoms with Gasteiger partial charge in [0.15, 0.2) is 0 Å². The van der Waals surface area contributed by atoms with E-state index in [1.165, 1.54) is 23.5 Å². The van der Waals surface area contributed by atoms with E-state index < -0.39 is 16.4 Å². The number of methoxy groups -OCH3 is 1. The van der Waals surface area contributed by atoms with Crippen LogP contribution in [0.2, 0.25) is 0 Å². The maximum Gasteiger partial charge on any atom is 0.573 e. The number of benzene rings is 2. The highest BCUT2D eigenvalue weighted by Crippen LogP contribution is 2.28. The molecule has 0 radical (unpaired) electrons. The molecule has 2 heterocycles. The summed E-state index contributed by atoms with van der Waals surface area (Å²) in [5.41, 5.74) is 1.24. The van der Waals surface area contributed by atoms with E-state index in [0.717, 1.165) is 16.9 Å². The molecular weight excluding hydrogens is 555 g/mol. The molecular formula is C26H28F3N3O5S2. The number of piperidine rings is 1. The third-order valence-electron chi connectivity index (χ3n) is 6.19. The number of hydrogen-bond acceptors (Lipinski definition) is 7. The molecule has 13 heteroatoms. The van der Waals surface area contributed by atoms with Crippen LogP contribution in [0.4, 0.5) is 13.2 Å². The Labute approximate surface area is 228 Å². The fourth-order valence-electron chi connectivity index (χ4n) is 4.12. The Bertz CT molecular complexity index is 1370. The molecule has 0 bridgehead atoms. The van der Waals surface area contributed by atoms with Crippen molar-refractivity contribution in [1.82, 2.24) is 14.9 Å². The molecule has 1 aliphatic heterocycles. The van der Waals surface area contributed by atoms with E-state index in [9.17, 15) is 26.4 Å². The van der Waals surface area contributed by atoms with Crippen LogP contribution >= 0.6 is 11.3 Å².